The van der Waals surface area contributed by atoms with Crippen LogP contribution in [0, 0.1) is 5.92 Å². The van der Waals surface area contributed by atoms with Gasteiger partial charge in [0.05, 0.1) is 6.10 Å². The van der Waals surface area contributed by atoms with Gasteiger partial charge < -0.3 is 10.8 Å². The third-order valence-corrected chi connectivity index (χ3v) is 4.33. The number of nitrogens with two attached hydrogens (primary N) is 1. The monoisotopic (exact) mass is 226 g/mol. The van der Waals surface area contributed by atoms with Crippen LogP contribution in [0.1, 0.15) is 44.9 Å². The largest absolute Gasteiger partial charge is 0.390 e. The minimum absolute atomic E-state index is 0.329. The molecule has 2 fully saturated rings. The number of rotatable bonds is 4. The minimum Gasteiger partial charge on any atom is -0.390 e. The SMILES string of the molecule is NC[C@H](O)CN1CCC[C@H]1C1CCCCC1. The van der Waals surface area contributed by atoms with Gasteiger partial charge in [0.1, 0.15) is 0 Å². The average Bonchev–Trinajstić information content (AvgIpc) is 2.78. The second-order valence-electron chi connectivity index (χ2n) is 5.49. The smallest absolute Gasteiger partial charge is 0.0789 e. The van der Waals surface area contributed by atoms with Gasteiger partial charge in [0.15, 0.2) is 0 Å². The van der Waals surface area contributed by atoms with Crippen molar-refractivity contribution in [3.05, 3.63) is 0 Å². The number of hydrogen-bond acceptors (Lipinski definition) is 3. The molecule has 1 saturated carbocycles. The maximum absolute atomic E-state index is 9.67. The second kappa shape index (κ2) is 5.99. The van der Waals surface area contributed by atoms with Gasteiger partial charge in [-0.15, -0.1) is 0 Å². The van der Waals surface area contributed by atoms with E-state index in [0.717, 1.165) is 25.0 Å². The molecule has 0 spiro atoms. The van der Waals surface area contributed by atoms with Crippen molar-refractivity contribution in [2.24, 2.45) is 11.7 Å². The number of hydrogen-bond donors (Lipinski definition) is 2. The first kappa shape index (κ1) is 12.3. The first-order valence-corrected chi connectivity index (χ1v) is 6.93. The second-order valence-corrected chi connectivity index (χ2v) is 5.49. The molecular formula is C13H26N2O. The minimum atomic E-state index is -0.329. The van der Waals surface area contributed by atoms with Crippen LogP contribution in [-0.2, 0) is 0 Å². The Balaban J connectivity index is 1.86. The maximum atomic E-state index is 9.67. The molecule has 1 saturated heterocycles. The van der Waals surface area contributed by atoms with Crippen molar-refractivity contribution in [3.8, 4) is 0 Å². The fourth-order valence-corrected chi connectivity index (χ4v) is 3.48. The van der Waals surface area contributed by atoms with Crippen molar-refractivity contribution in [2.45, 2.75) is 57.1 Å². The van der Waals surface area contributed by atoms with Gasteiger partial charge in [-0.1, -0.05) is 19.3 Å². The Labute approximate surface area is 99.0 Å². The summed E-state index contributed by atoms with van der Waals surface area (Å²) < 4.78 is 0. The molecule has 0 unspecified atom stereocenters. The zero-order chi connectivity index (χ0) is 11.4. The zero-order valence-electron chi connectivity index (χ0n) is 10.3. The molecule has 3 nitrogen and oxygen atoms in total. The van der Waals surface area contributed by atoms with Crippen molar-refractivity contribution in [2.75, 3.05) is 19.6 Å². The standard InChI is InChI=1S/C13H26N2O/c14-9-12(16)10-15-8-4-7-13(15)11-5-2-1-3-6-11/h11-13,16H,1-10,14H2/t12-,13-/m0/s1. The van der Waals surface area contributed by atoms with E-state index < -0.39 is 0 Å². The normalized spacial score (nSPS) is 30.8. The van der Waals surface area contributed by atoms with Crippen LogP contribution in [0.25, 0.3) is 0 Å². The number of β-amino-alcohol motifs (C(OH)–C–C–N with tert-alkyl or cyclic N) is 1. The first-order chi connectivity index (χ1) is 7.81. The highest BCUT2D eigenvalue weighted by Gasteiger charge is 2.32. The molecule has 0 aromatic carbocycles. The lowest BCUT2D eigenvalue weighted by atomic mass is 9.83. The van der Waals surface area contributed by atoms with Crippen LogP contribution in [-0.4, -0.2) is 41.8 Å². The summed E-state index contributed by atoms with van der Waals surface area (Å²) in [6, 6.07) is 0.737. The van der Waals surface area contributed by atoms with E-state index in [-0.39, 0.29) is 6.10 Å². The molecule has 0 bridgehead atoms. The highest BCUT2D eigenvalue weighted by atomic mass is 16.3. The van der Waals surface area contributed by atoms with Crippen LogP contribution >= 0.6 is 0 Å². The lowest BCUT2D eigenvalue weighted by molar-refractivity contribution is 0.0846. The van der Waals surface area contributed by atoms with E-state index in [0.29, 0.717) is 6.54 Å². The number of likely N-dealkylation sites (tertiary alicyclic amines) is 1. The quantitative estimate of drug-likeness (QED) is 0.761. The zero-order valence-corrected chi connectivity index (χ0v) is 10.3. The molecular weight excluding hydrogens is 200 g/mol. The number of aliphatic hydroxyl groups is 1. The fourth-order valence-electron chi connectivity index (χ4n) is 3.48. The van der Waals surface area contributed by atoms with E-state index >= 15 is 0 Å². The van der Waals surface area contributed by atoms with Gasteiger partial charge in [-0.2, -0.15) is 0 Å². The van der Waals surface area contributed by atoms with Crippen molar-refractivity contribution < 1.29 is 5.11 Å². The third-order valence-electron chi connectivity index (χ3n) is 4.33. The molecule has 0 aromatic heterocycles. The molecule has 2 aliphatic rings. The van der Waals surface area contributed by atoms with Gasteiger partial charge in [0.2, 0.25) is 0 Å². The van der Waals surface area contributed by atoms with Crippen LogP contribution in [0.3, 0.4) is 0 Å². The molecule has 1 aliphatic carbocycles. The molecule has 3 heteroatoms. The Morgan fingerprint density at radius 3 is 2.56 bits per heavy atom. The molecule has 2 atom stereocenters. The van der Waals surface area contributed by atoms with E-state index in [1.54, 1.807) is 0 Å². The molecule has 1 aliphatic heterocycles. The topological polar surface area (TPSA) is 49.5 Å². The molecule has 0 amide bonds. The molecule has 1 heterocycles. The molecule has 0 aromatic rings. The van der Waals surface area contributed by atoms with E-state index in [1.165, 1.54) is 44.9 Å². The van der Waals surface area contributed by atoms with Crippen molar-refractivity contribution >= 4 is 0 Å². The van der Waals surface area contributed by atoms with E-state index in [9.17, 15) is 5.11 Å². The predicted octanol–water partition coefficient (Wildman–Crippen LogP) is 1.35. The van der Waals surface area contributed by atoms with Gasteiger partial charge >= 0.3 is 0 Å². The Bertz CT molecular complexity index is 204. The predicted molar refractivity (Wildman–Crippen MR) is 66.2 cm³/mol. The van der Waals surface area contributed by atoms with Gasteiger partial charge in [-0.05, 0) is 38.1 Å². The summed E-state index contributed by atoms with van der Waals surface area (Å²) in [6.07, 6.45) is 9.36. The van der Waals surface area contributed by atoms with Crippen LogP contribution in [0.2, 0.25) is 0 Å². The van der Waals surface area contributed by atoms with Crippen molar-refractivity contribution in [1.29, 1.82) is 0 Å². The summed E-state index contributed by atoms with van der Waals surface area (Å²) in [5.74, 6) is 0.890. The van der Waals surface area contributed by atoms with E-state index in [2.05, 4.69) is 4.90 Å². The summed E-state index contributed by atoms with van der Waals surface area (Å²) in [4.78, 5) is 2.49. The van der Waals surface area contributed by atoms with Crippen LogP contribution < -0.4 is 5.73 Å². The Kier molecular flexibility index (Phi) is 4.62. The van der Waals surface area contributed by atoms with Crippen molar-refractivity contribution in [1.82, 2.24) is 4.90 Å². The Morgan fingerprint density at radius 1 is 1.12 bits per heavy atom. The van der Waals surface area contributed by atoms with Crippen LogP contribution in [0.4, 0.5) is 0 Å². The summed E-state index contributed by atoms with van der Waals surface area (Å²) in [5, 5.41) is 9.67. The molecule has 2 rings (SSSR count). The van der Waals surface area contributed by atoms with Gasteiger partial charge in [-0.3, -0.25) is 4.90 Å². The van der Waals surface area contributed by atoms with E-state index in [4.69, 9.17) is 5.73 Å². The number of aliphatic hydroxyl groups excluding tert-OH is 1. The van der Waals surface area contributed by atoms with Crippen LogP contribution in [0.5, 0.6) is 0 Å². The fraction of sp³-hybridized carbons (Fsp3) is 1.00. The maximum Gasteiger partial charge on any atom is 0.0789 e. The molecule has 16 heavy (non-hydrogen) atoms. The summed E-state index contributed by atoms with van der Waals surface area (Å²) in [5.41, 5.74) is 5.50. The highest BCUT2D eigenvalue weighted by Crippen LogP contribution is 2.34. The summed E-state index contributed by atoms with van der Waals surface area (Å²) in [7, 11) is 0. The summed E-state index contributed by atoms with van der Waals surface area (Å²) in [6.45, 7) is 2.35. The molecule has 3 N–H and O–H groups in total. The molecule has 0 radical (unpaired) electrons. The summed E-state index contributed by atoms with van der Waals surface area (Å²) >= 11 is 0. The van der Waals surface area contributed by atoms with Gasteiger partial charge in [0, 0.05) is 19.1 Å². The Hall–Kier alpha value is -0.120. The highest BCUT2D eigenvalue weighted by molar-refractivity contribution is 4.87. The lowest BCUT2D eigenvalue weighted by Gasteiger charge is -2.34. The first-order valence-electron chi connectivity index (χ1n) is 6.93. The van der Waals surface area contributed by atoms with E-state index in [1.807, 2.05) is 0 Å². The molecule has 94 valence electrons. The third kappa shape index (κ3) is 2.96. The average molecular weight is 226 g/mol. The Morgan fingerprint density at radius 2 is 1.88 bits per heavy atom. The van der Waals surface area contributed by atoms with Crippen molar-refractivity contribution in [3.63, 3.8) is 0 Å². The van der Waals surface area contributed by atoms with Gasteiger partial charge in [-0.25, -0.2) is 0 Å². The van der Waals surface area contributed by atoms with Gasteiger partial charge in [0.25, 0.3) is 0 Å². The van der Waals surface area contributed by atoms with Crippen LogP contribution in [0.15, 0.2) is 0 Å². The number of nitrogens with zero attached hydrogens (tertiary/aromatic N) is 1. The lowest BCUT2D eigenvalue weighted by Crippen LogP contribution is -2.42.